The number of aromatic hydroxyl groups is 2. The molecule has 0 saturated heterocycles. The fourth-order valence-corrected chi connectivity index (χ4v) is 1.24. The van der Waals surface area contributed by atoms with E-state index in [9.17, 15) is 10.2 Å². The zero-order chi connectivity index (χ0) is 13.2. The average Bonchev–Trinajstić information content (AvgIpc) is 2.29. The summed E-state index contributed by atoms with van der Waals surface area (Å²) in [6, 6.07) is 4.42. The Balaban J connectivity index is 3.05. The van der Waals surface area contributed by atoms with E-state index in [1.807, 2.05) is 0 Å². The van der Waals surface area contributed by atoms with Gasteiger partial charge in [0.15, 0.2) is 17.5 Å². The van der Waals surface area contributed by atoms with Gasteiger partial charge in [0.2, 0.25) is 5.96 Å². The minimum absolute atomic E-state index is 0.0987. The zero-order valence-corrected chi connectivity index (χ0v) is 9.60. The number of rotatable bonds is 1. The SMILES string of the molecule is CN(C(=N)N)C(=N)N(C)c1cccc(O)c1O. The summed E-state index contributed by atoms with van der Waals surface area (Å²) in [5.74, 6) is -0.982. The molecular weight excluding hydrogens is 222 g/mol. The zero-order valence-electron chi connectivity index (χ0n) is 9.60. The molecule has 0 fully saturated rings. The van der Waals surface area contributed by atoms with Gasteiger partial charge in [-0.1, -0.05) is 6.07 Å². The van der Waals surface area contributed by atoms with Gasteiger partial charge in [0, 0.05) is 14.1 Å². The lowest BCUT2D eigenvalue weighted by Crippen LogP contribution is -2.45. The number of phenols is 2. The average molecular weight is 237 g/mol. The van der Waals surface area contributed by atoms with E-state index in [2.05, 4.69) is 0 Å². The molecule has 0 bridgehead atoms. The predicted octanol–water partition coefficient (Wildman–Crippen LogP) is 0.294. The molecule has 0 aliphatic rings. The molecule has 0 atom stereocenters. The molecule has 1 aromatic rings. The van der Waals surface area contributed by atoms with Gasteiger partial charge in [-0.25, -0.2) is 0 Å². The Hall–Kier alpha value is -2.44. The topological polar surface area (TPSA) is 121 Å². The fraction of sp³-hybridized carbons (Fsp3) is 0.200. The Morgan fingerprint density at radius 3 is 2.35 bits per heavy atom. The number of para-hydroxylation sites is 1. The first kappa shape index (κ1) is 12.6. The number of guanidine groups is 2. The Kier molecular flexibility index (Phi) is 3.42. The molecule has 0 radical (unpaired) electrons. The maximum absolute atomic E-state index is 9.65. The fourth-order valence-electron chi connectivity index (χ4n) is 1.24. The third kappa shape index (κ3) is 2.39. The van der Waals surface area contributed by atoms with Crippen LogP contribution in [0.25, 0.3) is 0 Å². The number of benzene rings is 1. The van der Waals surface area contributed by atoms with Gasteiger partial charge >= 0.3 is 0 Å². The van der Waals surface area contributed by atoms with E-state index in [0.717, 1.165) is 4.90 Å². The van der Waals surface area contributed by atoms with Gasteiger partial charge in [-0.3, -0.25) is 15.7 Å². The molecular formula is C10H15N5O2. The van der Waals surface area contributed by atoms with Gasteiger partial charge in [0.05, 0.1) is 5.69 Å². The molecule has 0 aromatic heterocycles. The van der Waals surface area contributed by atoms with E-state index in [-0.39, 0.29) is 29.1 Å². The van der Waals surface area contributed by atoms with Crippen molar-refractivity contribution >= 4 is 17.6 Å². The second kappa shape index (κ2) is 4.60. The normalized spacial score (nSPS) is 9.76. The summed E-state index contributed by atoms with van der Waals surface area (Å²) in [6.07, 6.45) is 0. The predicted molar refractivity (Wildman–Crippen MR) is 65.6 cm³/mol. The standard InChI is InChI=1S/C10H15N5O2/c1-14(10(13)15(2)9(11)12)6-4-3-5-7(16)8(6)17/h3-5,13,16-17H,1-2H3,(H3,11,12). The highest BCUT2D eigenvalue weighted by Gasteiger charge is 2.17. The van der Waals surface area contributed by atoms with Crippen LogP contribution in [-0.2, 0) is 0 Å². The van der Waals surface area contributed by atoms with E-state index in [0.29, 0.717) is 0 Å². The first-order valence-corrected chi connectivity index (χ1v) is 4.77. The quantitative estimate of drug-likeness (QED) is 0.273. The molecule has 0 spiro atoms. The lowest BCUT2D eigenvalue weighted by molar-refractivity contribution is 0.404. The third-order valence-electron chi connectivity index (χ3n) is 2.35. The summed E-state index contributed by atoms with van der Waals surface area (Å²) in [4.78, 5) is 2.43. The molecule has 17 heavy (non-hydrogen) atoms. The van der Waals surface area contributed by atoms with Crippen molar-refractivity contribution in [3.05, 3.63) is 18.2 Å². The van der Waals surface area contributed by atoms with Crippen molar-refractivity contribution in [2.45, 2.75) is 0 Å². The molecule has 92 valence electrons. The van der Waals surface area contributed by atoms with E-state index >= 15 is 0 Å². The molecule has 0 saturated carbocycles. The first-order chi connectivity index (χ1) is 7.86. The highest BCUT2D eigenvalue weighted by Crippen LogP contribution is 2.34. The number of nitrogens with one attached hydrogen (secondary N) is 2. The molecule has 7 heteroatoms. The van der Waals surface area contributed by atoms with Gasteiger partial charge in [0.1, 0.15) is 0 Å². The highest BCUT2D eigenvalue weighted by atomic mass is 16.3. The summed E-state index contributed by atoms with van der Waals surface area (Å²) < 4.78 is 0. The van der Waals surface area contributed by atoms with Crippen molar-refractivity contribution in [1.82, 2.24) is 4.90 Å². The van der Waals surface area contributed by atoms with E-state index in [1.54, 1.807) is 6.07 Å². The highest BCUT2D eigenvalue weighted by molar-refractivity contribution is 6.03. The molecule has 0 unspecified atom stereocenters. The van der Waals surface area contributed by atoms with Crippen LogP contribution >= 0.6 is 0 Å². The van der Waals surface area contributed by atoms with Crippen LogP contribution in [0.1, 0.15) is 0 Å². The number of hydrogen-bond acceptors (Lipinski definition) is 4. The van der Waals surface area contributed by atoms with Crippen LogP contribution in [0, 0.1) is 10.8 Å². The molecule has 6 N–H and O–H groups in total. The van der Waals surface area contributed by atoms with Crippen molar-refractivity contribution in [1.29, 1.82) is 10.8 Å². The molecule has 0 aliphatic carbocycles. The number of nitrogens with two attached hydrogens (primary N) is 1. The first-order valence-electron chi connectivity index (χ1n) is 4.77. The van der Waals surface area contributed by atoms with Crippen molar-refractivity contribution in [3.8, 4) is 11.5 Å². The summed E-state index contributed by atoms with van der Waals surface area (Å²) in [6.45, 7) is 0. The Morgan fingerprint density at radius 1 is 1.24 bits per heavy atom. The smallest absolute Gasteiger partial charge is 0.204 e. The Bertz CT molecular complexity index is 460. The lowest BCUT2D eigenvalue weighted by Gasteiger charge is -2.27. The van der Waals surface area contributed by atoms with Crippen LogP contribution in [0.5, 0.6) is 11.5 Å². The van der Waals surface area contributed by atoms with Gasteiger partial charge in [-0.2, -0.15) is 0 Å². The van der Waals surface area contributed by atoms with Crippen LogP contribution in [0.3, 0.4) is 0 Å². The van der Waals surface area contributed by atoms with E-state index in [1.165, 1.54) is 31.1 Å². The minimum Gasteiger partial charge on any atom is -0.504 e. The van der Waals surface area contributed by atoms with Crippen molar-refractivity contribution in [3.63, 3.8) is 0 Å². The maximum Gasteiger partial charge on any atom is 0.204 e. The second-order valence-electron chi connectivity index (χ2n) is 3.47. The number of nitrogens with zero attached hydrogens (tertiary/aromatic N) is 2. The molecule has 0 aliphatic heterocycles. The van der Waals surface area contributed by atoms with Crippen molar-refractivity contribution < 1.29 is 10.2 Å². The number of anilines is 1. The van der Waals surface area contributed by atoms with Gasteiger partial charge in [0.25, 0.3) is 0 Å². The van der Waals surface area contributed by atoms with Crippen molar-refractivity contribution in [2.75, 3.05) is 19.0 Å². The van der Waals surface area contributed by atoms with Crippen molar-refractivity contribution in [2.24, 2.45) is 5.73 Å². The van der Waals surface area contributed by atoms with Gasteiger partial charge < -0.3 is 20.8 Å². The monoisotopic (exact) mass is 237 g/mol. The van der Waals surface area contributed by atoms with Crippen LogP contribution in [0.4, 0.5) is 5.69 Å². The maximum atomic E-state index is 9.65. The molecule has 7 nitrogen and oxygen atoms in total. The summed E-state index contributed by atoms with van der Waals surface area (Å²) in [5, 5.41) is 34.0. The van der Waals surface area contributed by atoms with Crippen LogP contribution < -0.4 is 10.6 Å². The summed E-state index contributed by atoms with van der Waals surface area (Å²) in [5.41, 5.74) is 5.50. The Labute approximate surface area is 98.7 Å². The second-order valence-corrected chi connectivity index (χ2v) is 3.47. The third-order valence-corrected chi connectivity index (χ3v) is 2.35. The van der Waals surface area contributed by atoms with Gasteiger partial charge in [-0.05, 0) is 12.1 Å². The number of phenolic OH excluding ortho intramolecular Hbond substituents is 2. The summed E-state index contributed by atoms with van der Waals surface area (Å²) in [7, 11) is 2.98. The molecule has 0 heterocycles. The van der Waals surface area contributed by atoms with Crippen LogP contribution in [0.15, 0.2) is 18.2 Å². The van der Waals surface area contributed by atoms with Gasteiger partial charge in [-0.15, -0.1) is 0 Å². The largest absolute Gasteiger partial charge is 0.504 e. The van der Waals surface area contributed by atoms with E-state index < -0.39 is 0 Å². The number of hydrogen-bond donors (Lipinski definition) is 5. The summed E-state index contributed by atoms with van der Waals surface area (Å²) >= 11 is 0. The molecule has 1 rings (SSSR count). The molecule has 0 amide bonds. The van der Waals surface area contributed by atoms with Crippen LogP contribution in [0.2, 0.25) is 0 Å². The minimum atomic E-state index is -0.322. The van der Waals surface area contributed by atoms with Crippen LogP contribution in [-0.4, -0.2) is 41.1 Å². The Morgan fingerprint density at radius 2 is 1.82 bits per heavy atom. The lowest BCUT2D eigenvalue weighted by atomic mass is 10.2. The van der Waals surface area contributed by atoms with E-state index in [4.69, 9.17) is 16.6 Å². The molecule has 1 aromatic carbocycles.